The summed E-state index contributed by atoms with van der Waals surface area (Å²) in [7, 11) is 1.63. The van der Waals surface area contributed by atoms with Crippen molar-refractivity contribution in [1.82, 2.24) is 5.16 Å². The lowest BCUT2D eigenvalue weighted by atomic mass is 10.3. The van der Waals surface area contributed by atoms with Gasteiger partial charge in [0, 0.05) is 12.7 Å². The Labute approximate surface area is 53.6 Å². The van der Waals surface area contributed by atoms with Crippen LogP contribution in [0, 0.1) is 6.92 Å². The van der Waals surface area contributed by atoms with Crippen molar-refractivity contribution in [2.75, 3.05) is 7.11 Å². The van der Waals surface area contributed by atoms with Crippen molar-refractivity contribution in [2.45, 2.75) is 13.5 Å². The molecule has 0 aliphatic rings. The standard InChI is InChI=1S/C6H9NO2/c1-5-3-9-7-6(5)4-8-2/h3H,4H2,1-2H3. The van der Waals surface area contributed by atoms with Crippen molar-refractivity contribution in [1.29, 1.82) is 0 Å². The highest BCUT2D eigenvalue weighted by molar-refractivity contribution is 5.10. The van der Waals surface area contributed by atoms with Gasteiger partial charge in [0.05, 0.1) is 6.61 Å². The molecule has 0 N–H and O–H groups in total. The van der Waals surface area contributed by atoms with Gasteiger partial charge in [-0.05, 0) is 6.92 Å². The molecule has 1 rings (SSSR count). The molecule has 1 aromatic heterocycles. The van der Waals surface area contributed by atoms with Gasteiger partial charge in [-0.25, -0.2) is 0 Å². The molecule has 9 heavy (non-hydrogen) atoms. The van der Waals surface area contributed by atoms with Crippen LogP contribution < -0.4 is 0 Å². The quantitative estimate of drug-likeness (QED) is 0.597. The SMILES string of the molecule is COCc1nocc1C. The van der Waals surface area contributed by atoms with Crippen LogP contribution in [0.1, 0.15) is 11.3 Å². The van der Waals surface area contributed by atoms with Crippen molar-refractivity contribution in [3.05, 3.63) is 17.5 Å². The number of aryl methyl sites for hydroxylation is 1. The van der Waals surface area contributed by atoms with Gasteiger partial charge in [0.25, 0.3) is 0 Å². The molecule has 0 radical (unpaired) electrons. The summed E-state index contributed by atoms with van der Waals surface area (Å²) in [4.78, 5) is 0. The Morgan fingerprint density at radius 1 is 1.78 bits per heavy atom. The second-order valence-electron chi connectivity index (χ2n) is 1.88. The van der Waals surface area contributed by atoms with Crippen molar-refractivity contribution in [3.63, 3.8) is 0 Å². The summed E-state index contributed by atoms with van der Waals surface area (Å²) < 4.78 is 9.51. The van der Waals surface area contributed by atoms with Crippen molar-refractivity contribution in [2.24, 2.45) is 0 Å². The van der Waals surface area contributed by atoms with Crippen LogP contribution in [-0.4, -0.2) is 12.3 Å². The Hall–Kier alpha value is -0.830. The predicted molar refractivity (Wildman–Crippen MR) is 32.0 cm³/mol. The average molecular weight is 127 g/mol. The number of hydrogen-bond donors (Lipinski definition) is 0. The van der Waals surface area contributed by atoms with E-state index < -0.39 is 0 Å². The zero-order chi connectivity index (χ0) is 6.69. The van der Waals surface area contributed by atoms with Gasteiger partial charge in [0.1, 0.15) is 12.0 Å². The van der Waals surface area contributed by atoms with Crippen LogP contribution in [0.4, 0.5) is 0 Å². The molecule has 0 aliphatic carbocycles. The number of aromatic nitrogens is 1. The Morgan fingerprint density at radius 3 is 3.00 bits per heavy atom. The third-order valence-corrected chi connectivity index (χ3v) is 1.13. The maximum atomic E-state index is 4.84. The Bertz CT molecular complexity index is 183. The molecule has 0 saturated heterocycles. The Balaban J connectivity index is 2.69. The van der Waals surface area contributed by atoms with Crippen LogP contribution >= 0.6 is 0 Å². The molecule has 0 amide bonds. The maximum Gasteiger partial charge on any atom is 0.127 e. The van der Waals surface area contributed by atoms with Gasteiger partial charge < -0.3 is 9.26 Å². The van der Waals surface area contributed by atoms with E-state index in [4.69, 9.17) is 4.74 Å². The summed E-state index contributed by atoms with van der Waals surface area (Å²) in [5.74, 6) is 0. The molecule has 0 spiro atoms. The number of nitrogens with zero attached hydrogens (tertiary/aromatic N) is 1. The van der Waals surface area contributed by atoms with E-state index in [1.54, 1.807) is 13.4 Å². The molecular formula is C6H9NO2. The maximum absolute atomic E-state index is 4.84. The van der Waals surface area contributed by atoms with Gasteiger partial charge in [-0.15, -0.1) is 0 Å². The second-order valence-corrected chi connectivity index (χ2v) is 1.88. The highest BCUT2D eigenvalue weighted by Gasteiger charge is 1.99. The molecule has 1 heterocycles. The van der Waals surface area contributed by atoms with E-state index in [-0.39, 0.29) is 0 Å². The first kappa shape index (κ1) is 6.29. The summed E-state index contributed by atoms with van der Waals surface area (Å²) in [5.41, 5.74) is 1.91. The van der Waals surface area contributed by atoms with E-state index in [1.165, 1.54) is 0 Å². The average Bonchev–Trinajstić information content (AvgIpc) is 2.18. The lowest BCUT2D eigenvalue weighted by molar-refractivity contribution is 0.177. The van der Waals surface area contributed by atoms with Gasteiger partial charge in [-0.2, -0.15) is 0 Å². The molecule has 0 atom stereocenters. The van der Waals surface area contributed by atoms with Crippen molar-refractivity contribution < 1.29 is 9.26 Å². The van der Waals surface area contributed by atoms with E-state index in [1.807, 2.05) is 6.92 Å². The van der Waals surface area contributed by atoms with E-state index in [9.17, 15) is 0 Å². The van der Waals surface area contributed by atoms with Crippen LogP contribution in [0.5, 0.6) is 0 Å². The van der Waals surface area contributed by atoms with Crippen molar-refractivity contribution >= 4 is 0 Å². The number of hydrogen-bond acceptors (Lipinski definition) is 3. The summed E-state index contributed by atoms with van der Waals surface area (Å²) in [6, 6.07) is 0. The number of ether oxygens (including phenoxy) is 1. The molecule has 0 unspecified atom stereocenters. The summed E-state index contributed by atoms with van der Waals surface area (Å²) in [5, 5.41) is 3.71. The molecule has 0 aromatic carbocycles. The van der Waals surface area contributed by atoms with Crippen LogP contribution in [-0.2, 0) is 11.3 Å². The summed E-state index contributed by atoms with van der Waals surface area (Å²) >= 11 is 0. The van der Waals surface area contributed by atoms with Gasteiger partial charge in [-0.1, -0.05) is 5.16 Å². The molecule has 0 aliphatic heterocycles. The normalized spacial score (nSPS) is 10.0. The van der Waals surface area contributed by atoms with Crippen LogP contribution in [0.3, 0.4) is 0 Å². The van der Waals surface area contributed by atoms with Crippen LogP contribution in [0.2, 0.25) is 0 Å². The lowest BCUT2D eigenvalue weighted by Crippen LogP contribution is -1.88. The zero-order valence-corrected chi connectivity index (χ0v) is 5.55. The van der Waals surface area contributed by atoms with E-state index in [2.05, 4.69) is 9.68 Å². The molecule has 0 fully saturated rings. The fraction of sp³-hybridized carbons (Fsp3) is 0.500. The topological polar surface area (TPSA) is 35.3 Å². The van der Waals surface area contributed by atoms with E-state index in [0.29, 0.717) is 6.61 Å². The molecule has 0 bridgehead atoms. The van der Waals surface area contributed by atoms with Gasteiger partial charge >= 0.3 is 0 Å². The minimum atomic E-state index is 0.530. The highest BCUT2D eigenvalue weighted by atomic mass is 16.5. The molecular weight excluding hydrogens is 118 g/mol. The minimum Gasteiger partial charge on any atom is -0.378 e. The summed E-state index contributed by atoms with van der Waals surface area (Å²) in [6.07, 6.45) is 1.61. The van der Waals surface area contributed by atoms with Crippen LogP contribution in [0.15, 0.2) is 10.8 Å². The largest absolute Gasteiger partial charge is 0.378 e. The van der Waals surface area contributed by atoms with Gasteiger partial charge in [-0.3, -0.25) is 0 Å². The smallest absolute Gasteiger partial charge is 0.127 e. The van der Waals surface area contributed by atoms with E-state index >= 15 is 0 Å². The third-order valence-electron chi connectivity index (χ3n) is 1.13. The Kier molecular flexibility index (Phi) is 1.85. The fourth-order valence-corrected chi connectivity index (χ4v) is 0.586. The highest BCUT2D eigenvalue weighted by Crippen LogP contribution is 2.04. The van der Waals surface area contributed by atoms with Crippen molar-refractivity contribution in [3.8, 4) is 0 Å². The van der Waals surface area contributed by atoms with Gasteiger partial charge in [0.15, 0.2) is 0 Å². The number of rotatable bonds is 2. The third kappa shape index (κ3) is 1.29. The minimum absolute atomic E-state index is 0.530. The molecule has 50 valence electrons. The molecule has 0 saturated carbocycles. The van der Waals surface area contributed by atoms with Gasteiger partial charge in [0.2, 0.25) is 0 Å². The monoisotopic (exact) mass is 127 g/mol. The second kappa shape index (κ2) is 2.64. The first-order valence-corrected chi connectivity index (χ1v) is 2.73. The predicted octanol–water partition coefficient (Wildman–Crippen LogP) is 1.13. The Morgan fingerprint density at radius 2 is 2.56 bits per heavy atom. The first-order chi connectivity index (χ1) is 4.34. The molecule has 3 heteroatoms. The fourth-order valence-electron chi connectivity index (χ4n) is 0.586. The lowest BCUT2D eigenvalue weighted by Gasteiger charge is -1.90. The zero-order valence-electron chi connectivity index (χ0n) is 5.55. The first-order valence-electron chi connectivity index (χ1n) is 2.73. The molecule has 1 aromatic rings. The molecule has 3 nitrogen and oxygen atoms in total. The summed E-state index contributed by atoms with van der Waals surface area (Å²) in [6.45, 7) is 2.47. The van der Waals surface area contributed by atoms with Crippen LogP contribution in [0.25, 0.3) is 0 Å². The van der Waals surface area contributed by atoms with E-state index in [0.717, 1.165) is 11.3 Å². The number of methoxy groups -OCH3 is 1.